The third-order valence-electron chi connectivity index (χ3n) is 2.64. The molecule has 0 aliphatic heterocycles. The highest BCUT2D eigenvalue weighted by molar-refractivity contribution is 5.85. The lowest BCUT2D eigenvalue weighted by molar-refractivity contribution is -0.131. The van der Waals surface area contributed by atoms with Crippen LogP contribution in [0.4, 0.5) is 0 Å². The van der Waals surface area contributed by atoms with Crippen LogP contribution in [0.15, 0.2) is 18.2 Å². The molecule has 4 heteroatoms. The molecule has 1 rings (SSSR count). The van der Waals surface area contributed by atoms with E-state index >= 15 is 0 Å². The number of hydrogen-bond donors (Lipinski definition) is 1. The second-order valence-corrected chi connectivity index (χ2v) is 4.35. The van der Waals surface area contributed by atoms with Crippen molar-refractivity contribution < 1.29 is 19.4 Å². The molecule has 0 aromatic heterocycles. The fourth-order valence-corrected chi connectivity index (χ4v) is 1.85. The first-order chi connectivity index (χ1) is 9.04. The molecule has 1 aromatic rings. The van der Waals surface area contributed by atoms with Crippen LogP contribution in [-0.2, 0) is 9.53 Å². The van der Waals surface area contributed by atoms with Gasteiger partial charge in [-0.1, -0.05) is 0 Å². The lowest BCUT2D eigenvalue weighted by Gasteiger charge is -2.13. The molecule has 0 radical (unpaired) electrons. The SMILES string of the molecule is COCCCOc1c(C)cc(/C=C/C(=O)O)cc1C. The summed E-state index contributed by atoms with van der Waals surface area (Å²) in [5.74, 6) is -0.0845. The molecule has 1 N–H and O–H groups in total. The number of ether oxygens (including phenoxy) is 2. The van der Waals surface area contributed by atoms with E-state index in [0.717, 1.165) is 34.9 Å². The molecule has 4 nitrogen and oxygen atoms in total. The van der Waals surface area contributed by atoms with Crippen LogP contribution in [0.2, 0.25) is 0 Å². The molecule has 0 amide bonds. The van der Waals surface area contributed by atoms with Gasteiger partial charge in [-0.2, -0.15) is 0 Å². The zero-order chi connectivity index (χ0) is 14.3. The summed E-state index contributed by atoms with van der Waals surface area (Å²) in [5, 5.41) is 8.61. The van der Waals surface area contributed by atoms with Gasteiger partial charge in [0.05, 0.1) is 6.61 Å². The van der Waals surface area contributed by atoms with Crippen molar-refractivity contribution in [3.63, 3.8) is 0 Å². The van der Waals surface area contributed by atoms with Gasteiger partial charge in [0, 0.05) is 26.2 Å². The van der Waals surface area contributed by atoms with Gasteiger partial charge >= 0.3 is 5.97 Å². The van der Waals surface area contributed by atoms with Crippen LogP contribution in [0.1, 0.15) is 23.1 Å². The maximum atomic E-state index is 10.5. The van der Waals surface area contributed by atoms with Crippen LogP contribution in [0.5, 0.6) is 5.75 Å². The summed E-state index contributed by atoms with van der Waals surface area (Å²) in [4.78, 5) is 10.5. The highest BCUT2D eigenvalue weighted by Gasteiger charge is 2.05. The van der Waals surface area contributed by atoms with Crippen LogP contribution in [0.3, 0.4) is 0 Å². The Morgan fingerprint density at radius 2 is 1.89 bits per heavy atom. The first kappa shape index (κ1) is 15.2. The van der Waals surface area contributed by atoms with Crippen molar-refractivity contribution in [2.24, 2.45) is 0 Å². The third kappa shape index (κ3) is 5.14. The summed E-state index contributed by atoms with van der Waals surface area (Å²) in [6, 6.07) is 3.83. The molecule has 0 bridgehead atoms. The zero-order valence-electron chi connectivity index (χ0n) is 11.6. The quantitative estimate of drug-likeness (QED) is 0.607. The van der Waals surface area contributed by atoms with E-state index in [1.54, 1.807) is 13.2 Å². The van der Waals surface area contributed by atoms with Crippen molar-refractivity contribution >= 4 is 12.0 Å². The summed E-state index contributed by atoms with van der Waals surface area (Å²) in [6.45, 7) is 5.20. The number of benzene rings is 1. The second kappa shape index (κ2) is 7.59. The minimum Gasteiger partial charge on any atom is -0.493 e. The number of methoxy groups -OCH3 is 1. The monoisotopic (exact) mass is 264 g/mol. The van der Waals surface area contributed by atoms with Crippen LogP contribution in [0.25, 0.3) is 6.08 Å². The van der Waals surface area contributed by atoms with Crippen molar-refractivity contribution in [1.82, 2.24) is 0 Å². The van der Waals surface area contributed by atoms with Gasteiger partial charge in [0.1, 0.15) is 5.75 Å². The molecule has 104 valence electrons. The van der Waals surface area contributed by atoms with E-state index in [-0.39, 0.29) is 0 Å². The molecule has 19 heavy (non-hydrogen) atoms. The number of carboxylic acid groups (broad SMARTS) is 1. The first-order valence-corrected chi connectivity index (χ1v) is 6.18. The Morgan fingerprint density at radius 3 is 2.42 bits per heavy atom. The molecule has 0 saturated carbocycles. The smallest absolute Gasteiger partial charge is 0.328 e. The van der Waals surface area contributed by atoms with Crippen molar-refractivity contribution in [3.8, 4) is 5.75 Å². The van der Waals surface area contributed by atoms with Crippen LogP contribution < -0.4 is 4.74 Å². The van der Waals surface area contributed by atoms with Crippen LogP contribution in [0, 0.1) is 13.8 Å². The highest BCUT2D eigenvalue weighted by Crippen LogP contribution is 2.25. The minimum absolute atomic E-state index is 0.611. The van der Waals surface area contributed by atoms with Crippen LogP contribution >= 0.6 is 0 Å². The highest BCUT2D eigenvalue weighted by atomic mass is 16.5. The molecule has 0 heterocycles. The normalized spacial score (nSPS) is 10.9. The molecule has 0 aliphatic rings. The Labute approximate surface area is 113 Å². The van der Waals surface area contributed by atoms with Crippen molar-refractivity contribution in [3.05, 3.63) is 34.9 Å². The molecule has 0 spiro atoms. The van der Waals surface area contributed by atoms with E-state index in [9.17, 15) is 4.79 Å². The van der Waals surface area contributed by atoms with Gasteiger partial charge in [-0.15, -0.1) is 0 Å². The predicted octanol–water partition coefficient (Wildman–Crippen LogP) is 2.82. The fourth-order valence-electron chi connectivity index (χ4n) is 1.85. The van der Waals surface area contributed by atoms with Gasteiger partial charge < -0.3 is 14.6 Å². The van der Waals surface area contributed by atoms with E-state index in [1.165, 1.54) is 0 Å². The second-order valence-electron chi connectivity index (χ2n) is 4.35. The summed E-state index contributed by atoms with van der Waals surface area (Å²) in [5.41, 5.74) is 2.87. The van der Waals surface area contributed by atoms with Gasteiger partial charge in [0.25, 0.3) is 0 Å². The maximum Gasteiger partial charge on any atom is 0.328 e. The van der Waals surface area contributed by atoms with E-state index in [2.05, 4.69) is 0 Å². The average molecular weight is 264 g/mol. The van der Waals surface area contributed by atoms with Crippen molar-refractivity contribution in [1.29, 1.82) is 0 Å². The number of carbonyl (C=O) groups is 1. The summed E-state index contributed by atoms with van der Waals surface area (Å²) >= 11 is 0. The Balaban J connectivity index is 2.76. The molecule has 0 aliphatic carbocycles. The third-order valence-corrected chi connectivity index (χ3v) is 2.64. The Bertz CT molecular complexity index is 440. The van der Waals surface area contributed by atoms with E-state index < -0.39 is 5.97 Å². The van der Waals surface area contributed by atoms with E-state index in [0.29, 0.717) is 13.2 Å². The Hall–Kier alpha value is -1.81. The lowest BCUT2D eigenvalue weighted by Crippen LogP contribution is -2.04. The lowest BCUT2D eigenvalue weighted by atomic mass is 10.1. The standard InChI is InChI=1S/C15H20O4/c1-11-9-13(5-6-14(16)17)10-12(2)15(11)19-8-4-7-18-3/h5-6,9-10H,4,7-8H2,1-3H3,(H,16,17)/b6-5+. The van der Waals surface area contributed by atoms with Gasteiger partial charge in [-0.25, -0.2) is 4.79 Å². The zero-order valence-corrected chi connectivity index (χ0v) is 11.6. The number of aliphatic carboxylic acids is 1. The van der Waals surface area contributed by atoms with Crippen molar-refractivity contribution in [2.45, 2.75) is 20.3 Å². The average Bonchev–Trinajstić information content (AvgIpc) is 2.34. The van der Waals surface area contributed by atoms with Crippen molar-refractivity contribution in [2.75, 3.05) is 20.3 Å². The summed E-state index contributed by atoms with van der Waals surface area (Å²) in [7, 11) is 1.67. The Kier molecular flexibility index (Phi) is 6.09. The molecular weight excluding hydrogens is 244 g/mol. The van der Waals surface area contributed by atoms with Gasteiger partial charge in [-0.05, 0) is 48.7 Å². The van der Waals surface area contributed by atoms with E-state index in [4.69, 9.17) is 14.6 Å². The molecule has 0 atom stereocenters. The summed E-state index contributed by atoms with van der Waals surface area (Å²) < 4.78 is 10.7. The molecule has 1 aromatic carbocycles. The predicted molar refractivity (Wildman–Crippen MR) is 74.6 cm³/mol. The first-order valence-electron chi connectivity index (χ1n) is 6.18. The number of carboxylic acids is 1. The Morgan fingerprint density at radius 1 is 1.26 bits per heavy atom. The molecule has 0 unspecified atom stereocenters. The van der Waals surface area contributed by atoms with Gasteiger partial charge in [0.15, 0.2) is 0 Å². The number of aryl methyl sites for hydroxylation is 2. The topological polar surface area (TPSA) is 55.8 Å². The summed E-state index contributed by atoms with van der Waals surface area (Å²) in [6.07, 6.45) is 3.56. The van der Waals surface area contributed by atoms with Crippen LogP contribution in [-0.4, -0.2) is 31.4 Å². The molecular formula is C15H20O4. The minimum atomic E-state index is -0.949. The fraction of sp³-hybridized carbons (Fsp3) is 0.400. The van der Waals surface area contributed by atoms with Gasteiger partial charge in [-0.3, -0.25) is 0 Å². The largest absolute Gasteiger partial charge is 0.493 e. The maximum absolute atomic E-state index is 10.5. The molecule has 0 saturated heterocycles. The number of hydrogen-bond acceptors (Lipinski definition) is 3. The van der Waals surface area contributed by atoms with Gasteiger partial charge in [0.2, 0.25) is 0 Å². The number of rotatable bonds is 7. The molecule has 0 fully saturated rings. The van der Waals surface area contributed by atoms with E-state index in [1.807, 2.05) is 26.0 Å².